The highest BCUT2D eigenvalue weighted by Gasteiger charge is 2.19. The van der Waals surface area contributed by atoms with Gasteiger partial charge in [-0.05, 0) is 61.9 Å². The first-order chi connectivity index (χ1) is 9.52. The predicted molar refractivity (Wildman–Crippen MR) is 83.1 cm³/mol. The van der Waals surface area contributed by atoms with E-state index in [1.807, 2.05) is 6.92 Å². The molecule has 0 radical (unpaired) electrons. The maximum Gasteiger partial charge on any atom is 0.328 e. The van der Waals surface area contributed by atoms with Crippen molar-refractivity contribution in [3.63, 3.8) is 0 Å². The first kappa shape index (κ1) is 14.6. The van der Waals surface area contributed by atoms with E-state index in [4.69, 9.17) is 5.11 Å². The molecule has 108 valence electrons. The van der Waals surface area contributed by atoms with Crippen LogP contribution in [0.3, 0.4) is 0 Å². The number of benzene rings is 1. The van der Waals surface area contributed by atoms with Crippen LogP contribution in [0.15, 0.2) is 24.3 Å². The summed E-state index contributed by atoms with van der Waals surface area (Å²) in [6.45, 7) is 7.53. The fourth-order valence-corrected chi connectivity index (χ4v) is 2.90. The normalized spacial score (nSPS) is 15.4. The van der Waals surface area contributed by atoms with E-state index in [1.165, 1.54) is 23.7 Å². The maximum atomic E-state index is 10.9. The van der Waals surface area contributed by atoms with Crippen molar-refractivity contribution in [1.29, 1.82) is 0 Å². The molecule has 0 saturated carbocycles. The van der Waals surface area contributed by atoms with Crippen LogP contribution in [0.25, 0.3) is 5.57 Å². The fraction of sp³-hybridized carbons (Fsp3) is 0.471. The molecule has 3 heteroatoms. The number of allylic oxidation sites excluding steroid dienone is 1. The molecule has 0 amide bonds. The zero-order valence-electron chi connectivity index (χ0n) is 12.5. The number of anilines is 1. The van der Waals surface area contributed by atoms with Crippen LogP contribution in [0.1, 0.15) is 44.7 Å². The summed E-state index contributed by atoms with van der Waals surface area (Å²) in [7, 11) is 0. The average Bonchev–Trinajstić information content (AvgIpc) is 2.43. The lowest BCUT2D eigenvalue weighted by Gasteiger charge is -2.35. The standard InChI is InChI=1S/C17H23NO2/c1-4-13(11-17(19)20)14-7-8-16-15(10-14)6-5-9-18(16)12(2)3/h7-8,10-12H,4-6,9H2,1-3H3,(H,19,20)/b13-11+. The number of carboxylic acids is 1. The van der Waals surface area contributed by atoms with Gasteiger partial charge in [-0.1, -0.05) is 13.0 Å². The molecule has 0 spiro atoms. The number of carboxylic acid groups (broad SMARTS) is 1. The van der Waals surface area contributed by atoms with Crippen molar-refractivity contribution in [3.05, 3.63) is 35.4 Å². The van der Waals surface area contributed by atoms with Crippen LogP contribution < -0.4 is 4.90 Å². The Hall–Kier alpha value is -1.77. The minimum absolute atomic E-state index is 0.500. The lowest BCUT2D eigenvalue weighted by atomic mass is 9.94. The van der Waals surface area contributed by atoms with Crippen molar-refractivity contribution in [1.82, 2.24) is 0 Å². The number of rotatable bonds is 4. The second-order valence-electron chi connectivity index (χ2n) is 5.60. The summed E-state index contributed by atoms with van der Waals surface area (Å²) in [5.74, 6) is -0.872. The number of aryl methyl sites for hydroxylation is 1. The Balaban J connectivity index is 2.39. The van der Waals surface area contributed by atoms with Crippen molar-refractivity contribution in [2.45, 2.75) is 46.1 Å². The van der Waals surface area contributed by atoms with E-state index in [0.29, 0.717) is 6.04 Å². The van der Waals surface area contributed by atoms with E-state index in [9.17, 15) is 4.79 Å². The number of aliphatic carboxylic acids is 1. The predicted octanol–water partition coefficient (Wildman–Crippen LogP) is 3.73. The van der Waals surface area contributed by atoms with Crippen molar-refractivity contribution < 1.29 is 9.90 Å². The third-order valence-corrected chi connectivity index (χ3v) is 3.91. The number of hydrogen-bond donors (Lipinski definition) is 1. The van der Waals surface area contributed by atoms with E-state index in [0.717, 1.165) is 30.5 Å². The topological polar surface area (TPSA) is 40.5 Å². The number of hydrogen-bond acceptors (Lipinski definition) is 2. The highest BCUT2D eigenvalue weighted by atomic mass is 16.4. The van der Waals surface area contributed by atoms with Gasteiger partial charge in [-0.2, -0.15) is 0 Å². The van der Waals surface area contributed by atoms with Gasteiger partial charge in [-0.15, -0.1) is 0 Å². The van der Waals surface area contributed by atoms with Crippen LogP contribution in [0.2, 0.25) is 0 Å². The van der Waals surface area contributed by atoms with Gasteiger partial charge < -0.3 is 10.0 Å². The molecule has 2 rings (SSSR count). The molecule has 1 aliphatic heterocycles. The van der Waals surface area contributed by atoms with Crippen LogP contribution in [-0.2, 0) is 11.2 Å². The molecule has 0 unspecified atom stereocenters. The summed E-state index contributed by atoms with van der Waals surface area (Å²) in [6, 6.07) is 6.87. The molecule has 0 aromatic heterocycles. The van der Waals surface area contributed by atoms with Gasteiger partial charge in [0.15, 0.2) is 0 Å². The van der Waals surface area contributed by atoms with Gasteiger partial charge in [0.05, 0.1) is 0 Å². The van der Waals surface area contributed by atoms with E-state index >= 15 is 0 Å². The number of fused-ring (bicyclic) bond motifs is 1. The first-order valence-corrected chi connectivity index (χ1v) is 7.36. The Bertz CT molecular complexity index is 532. The van der Waals surface area contributed by atoms with Crippen LogP contribution in [0.5, 0.6) is 0 Å². The Labute approximate surface area is 120 Å². The second-order valence-corrected chi connectivity index (χ2v) is 5.60. The fourth-order valence-electron chi connectivity index (χ4n) is 2.90. The minimum Gasteiger partial charge on any atom is -0.478 e. The summed E-state index contributed by atoms with van der Waals surface area (Å²) in [5.41, 5.74) is 4.58. The zero-order chi connectivity index (χ0) is 14.7. The lowest BCUT2D eigenvalue weighted by Crippen LogP contribution is -2.35. The molecule has 1 N–H and O–H groups in total. The molecule has 0 aliphatic carbocycles. The summed E-state index contributed by atoms with van der Waals surface area (Å²) < 4.78 is 0. The highest BCUT2D eigenvalue weighted by molar-refractivity contribution is 5.90. The van der Waals surface area contributed by atoms with Gasteiger partial charge in [0.25, 0.3) is 0 Å². The Morgan fingerprint density at radius 1 is 1.45 bits per heavy atom. The molecule has 0 bridgehead atoms. The lowest BCUT2D eigenvalue weighted by molar-refractivity contribution is -0.131. The van der Waals surface area contributed by atoms with Gasteiger partial charge in [-0.3, -0.25) is 0 Å². The van der Waals surface area contributed by atoms with E-state index < -0.39 is 5.97 Å². The Kier molecular flexibility index (Phi) is 4.48. The van der Waals surface area contributed by atoms with Crippen molar-refractivity contribution in [2.75, 3.05) is 11.4 Å². The molecule has 1 heterocycles. The molecule has 0 fully saturated rings. The summed E-state index contributed by atoms with van der Waals surface area (Å²) in [4.78, 5) is 13.3. The SMILES string of the molecule is CC/C(=C\C(=O)O)c1ccc2c(c1)CCCN2C(C)C. The molecule has 0 saturated heterocycles. The number of carbonyl (C=O) groups is 1. The summed E-state index contributed by atoms with van der Waals surface area (Å²) in [6.07, 6.45) is 4.30. The Morgan fingerprint density at radius 2 is 2.20 bits per heavy atom. The van der Waals surface area contributed by atoms with E-state index in [1.54, 1.807) is 0 Å². The quantitative estimate of drug-likeness (QED) is 0.850. The number of nitrogens with zero attached hydrogens (tertiary/aromatic N) is 1. The van der Waals surface area contributed by atoms with Crippen LogP contribution in [0, 0.1) is 0 Å². The monoisotopic (exact) mass is 273 g/mol. The molecule has 1 aromatic rings. The van der Waals surface area contributed by atoms with Crippen molar-refractivity contribution in [2.24, 2.45) is 0 Å². The van der Waals surface area contributed by atoms with Gasteiger partial charge in [0.2, 0.25) is 0 Å². The minimum atomic E-state index is -0.872. The van der Waals surface area contributed by atoms with Crippen LogP contribution in [-0.4, -0.2) is 23.7 Å². The van der Waals surface area contributed by atoms with Crippen LogP contribution >= 0.6 is 0 Å². The van der Waals surface area contributed by atoms with Gasteiger partial charge in [0.1, 0.15) is 0 Å². The van der Waals surface area contributed by atoms with E-state index in [-0.39, 0.29) is 0 Å². The molecule has 3 nitrogen and oxygen atoms in total. The third-order valence-electron chi connectivity index (χ3n) is 3.91. The summed E-state index contributed by atoms with van der Waals surface area (Å²) in [5, 5.41) is 8.94. The van der Waals surface area contributed by atoms with Gasteiger partial charge in [-0.25, -0.2) is 4.79 Å². The smallest absolute Gasteiger partial charge is 0.328 e. The zero-order valence-corrected chi connectivity index (χ0v) is 12.5. The molecular weight excluding hydrogens is 250 g/mol. The second kappa shape index (κ2) is 6.12. The first-order valence-electron chi connectivity index (χ1n) is 7.36. The largest absolute Gasteiger partial charge is 0.478 e. The van der Waals surface area contributed by atoms with Crippen molar-refractivity contribution in [3.8, 4) is 0 Å². The van der Waals surface area contributed by atoms with Gasteiger partial charge >= 0.3 is 5.97 Å². The molecule has 0 atom stereocenters. The van der Waals surface area contributed by atoms with E-state index in [2.05, 4.69) is 36.9 Å². The Morgan fingerprint density at radius 3 is 2.80 bits per heavy atom. The molecular formula is C17H23NO2. The molecule has 1 aromatic carbocycles. The molecule has 20 heavy (non-hydrogen) atoms. The average molecular weight is 273 g/mol. The summed E-state index contributed by atoms with van der Waals surface area (Å²) >= 11 is 0. The highest BCUT2D eigenvalue weighted by Crippen LogP contribution is 2.32. The van der Waals surface area contributed by atoms with Crippen molar-refractivity contribution >= 4 is 17.2 Å². The molecule has 1 aliphatic rings. The maximum absolute atomic E-state index is 10.9. The van der Waals surface area contributed by atoms with Crippen LogP contribution in [0.4, 0.5) is 5.69 Å². The third kappa shape index (κ3) is 3.03. The van der Waals surface area contributed by atoms with Gasteiger partial charge in [0, 0.05) is 24.4 Å².